The normalized spacial score (nSPS) is 19.5. The molecule has 1 aliphatic heterocycles. The van der Waals surface area contributed by atoms with Gasteiger partial charge in [-0.1, -0.05) is 30.3 Å². The molecule has 0 spiro atoms. The number of ether oxygens (including phenoxy) is 2. The summed E-state index contributed by atoms with van der Waals surface area (Å²) in [5.74, 6) is -0.133. The van der Waals surface area contributed by atoms with E-state index in [-0.39, 0.29) is 0 Å². The first-order valence-corrected chi connectivity index (χ1v) is 9.14. The lowest BCUT2D eigenvalue weighted by Gasteiger charge is -2.29. The Balaban J connectivity index is 2.00. The zero-order valence-electron chi connectivity index (χ0n) is 16.2. The first-order chi connectivity index (χ1) is 12.2. The molecule has 0 bridgehead atoms. The van der Waals surface area contributed by atoms with Crippen LogP contribution in [0.5, 0.6) is 0 Å². The van der Waals surface area contributed by atoms with Crippen molar-refractivity contribution in [1.82, 2.24) is 10.2 Å². The molecule has 1 aromatic rings. The highest BCUT2D eigenvalue weighted by Crippen LogP contribution is 2.19. The van der Waals surface area contributed by atoms with Crippen LogP contribution in [0.25, 0.3) is 0 Å². The number of nitrogens with one attached hydrogen (secondary N) is 1. The lowest BCUT2D eigenvalue weighted by Crippen LogP contribution is -2.40. The van der Waals surface area contributed by atoms with Gasteiger partial charge < -0.3 is 19.7 Å². The van der Waals surface area contributed by atoms with Gasteiger partial charge in [0.2, 0.25) is 0 Å². The molecule has 0 aromatic heterocycles. The van der Waals surface area contributed by atoms with E-state index in [1.54, 1.807) is 32.9 Å². The fraction of sp³-hybridized carbons (Fsp3) is 0.600. The Morgan fingerprint density at radius 2 is 1.96 bits per heavy atom. The van der Waals surface area contributed by atoms with Gasteiger partial charge in [-0.05, 0) is 52.8 Å². The highest BCUT2D eigenvalue weighted by Gasteiger charge is 2.28. The van der Waals surface area contributed by atoms with E-state index >= 15 is 0 Å². The number of rotatable bonds is 5. The fourth-order valence-electron chi connectivity index (χ4n) is 3.04. The van der Waals surface area contributed by atoms with E-state index in [1.807, 2.05) is 18.2 Å². The van der Waals surface area contributed by atoms with Crippen molar-refractivity contribution in [3.63, 3.8) is 0 Å². The second-order valence-electron chi connectivity index (χ2n) is 7.89. The van der Waals surface area contributed by atoms with Gasteiger partial charge in [-0.15, -0.1) is 0 Å². The van der Waals surface area contributed by atoms with Gasteiger partial charge >= 0.3 is 12.1 Å². The molecule has 1 heterocycles. The van der Waals surface area contributed by atoms with Crippen LogP contribution in [0.1, 0.15) is 45.2 Å². The highest BCUT2D eigenvalue weighted by atomic mass is 16.6. The Morgan fingerprint density at radius 3 is 2.58 bits per heavy atom. The Morgan fingerprint density at radius 1 is 1.27 bits per heavy atom. The summed E-state index contributed by atoms with van der Waals surface area (Å²) in [6, 6.07) is 8.20. The summed E-state index contributed by atoms with van der Waals surface area (Å²) in [4.78, 5) is 27.1. The molecule has 1 aromatic carbocycles. The van der Waals surface area contributed by atoms with Crippen molar-refractivity contribution in [2.45, 2.75) is 45.3 Å². The molecular formula is C20H30N2O4. The summed E-state index contributed by atoms with van der Waals surface area (Å²) in [6.07, 6.45) is 1.52. The number of carbonyl (C=O) groups excluding carboxylic acids is 2. The van der Waals surface area contributed by atoms with Crippen LogP contribution in [0, 0.1) is 5.92 Å². The minimum absolute atomic E-state index is 0.329. The molecular weight excluding hydrogens is 332 g/mol. The maximum Gasteiger partial charge on any atom is 0.408 e. The van der Waals surface area contributed by atoms with E-state index in [0.29, 0.717) is 18.1 Å². The fourth-order valence-corrected chi connectivity index (χ4v) is 3.04. The summed E-state index contributed by atoms with van der Waals surface area (Å²) in [5.41, 5.74) is 0.0335. The molecule has 6 nitrogen and oxygen atoms in total. The second kappa shape index (κ2) is 9.03. The molecule has 2 atom stereocenters. The van der Waals surface area contributed by atoms with Crippen LogP contribution in [0.3, 0.4) is 0 Å². The molecule has 1 unspecified atom stereocenters. The third kappa shape index (κ3) is 6.67. The van der Waals surface area contributed by atoms with E-state index in [9.17, 15) is 9.59 Å². The molecule has 26 heavy (non-hydrogen) atoms. The molecule has 1 saturated heterocycles. The van der Waals surface area contributed by atoms with Gasteiger partial charge in [0.15, 0.2) is 6.04 Å². The summed E-state index contributed by atoms with van der Waals surface area (Å²) in [5, 5.41) is 2.64. The van der Waals surface area contributed by atoms with Crippen LogP contribution in [0.15, 0.2) is 30.3 Å². The van der Waals surface area contributed by atoms with Gasteiger partial charge in [-0.3, -0.25) is 0 Å². The molecule has 144 valence electrons. The van der Waals surface area contributed by atoms with Crippen LogP contribution >= 0.6 is 0 Å². The largest absolute Gasteiger partial charge is 0.464 e. The smallest absolute Gasteiger partial charge is 0.408 e. The Labute approximate surface area is 155 Å². The van der Waals surface area contributed by atoms with Gasteiger partial charge in [0, 0.05) is 12.5 Å². The lowest BCUT2D eigenvalue weighted by atomic mass is 9.99. The van der Waals surface area contributed by atoms with Crippen molar-refractivity contribution in [1.29, 1.82) is 0 Å². The summed E-state index contributed by atoms with van der Waals surface area (Å²) < 4.78 is 10.8. The molecule has 1 amide bonds. The van der Waals surface area contributed by atoms with Crippen LogP contribution in [-0.2, 0) is 14.3 Å². The number of carbonyl (C=O) groups is 2. The van der Waals surface area contributed by atoms with Crippen LogP contribution in [0.4, 0.5) is 4.79 Å². The number of likely N-dealkylation sites (tertiary alicyclic amines) is 1. The number of esters is 1. The van der Waals surface area contributed by atoms with Crippen molar-refractivity contribution in [3.8, 4) is 0 Å². The van der Waals surface area contributed by atoms with E-state index in [4.69, 9.17) is 9.47 Å². The number of hydrogen-bond donors (Lipinski definition) is 1. The van der Waals surface area contributed by atoms with Crippen molar-refractivity contribution < 1.29 is 19.1 Å². The number of alkyl carbamates (subject to hydrolysis) is 1. The van der Waals surface area contributed by atoms with E-state index in [0.717, 1.165) is 25.9 Å². The minimum Gasteiger partial charge on any atom is -0.464 e. The third-order valence-electron chi connectivity index (χ3n) is 4.21. The van der Waals surface area contributed by atoms with Gasteiger partial charge in [-0.2, -0.15) is 0 Å². The molecule has 1 aliphatic rings. The van der Waals surface area contributed by atoms with Gasteiger partial charge in [0.25, 0.3) is 0 Å². The van der Waals surface area contributed by atoms with Crippen molar-refractivity contribution >= 4 is 12.1 Å². The van der Waals surface area contributed by atoms with Gasteiger partial charge in [0.1, 0.15) is 5.60 Å². The number of benzene rings is 1. The Kier molecular flexibility index (Phi) is 7.03. The molecule has 0 radical (unpaired) electrons. The molecule has 2 rings (SSSR count). The molecule has 0 saturated carbocycles. The summed E-state index contributed by atoms with van der Waals surface area (Å²) in [7, 11) is 2.07. The van der Waals surface area contributed by atoms with Gasteiger partial charge in [0.05, 0.1) is 6.61 Å². The van der Waals surface area contributed by atoms with Crippen molar-refractivity contribution in [2.24, 2.45) is 5.92 Å². The highest BCUT2D eigenvalue weighted by molar-refractivity contribution is 5.82. The zero-order valence-corrected chi connectivity index (χ0v) is 16.2. The predicted octanol–water partition coefficient (Wildman–Crippen LogP) is 3.14. The number of nitrogens with zero attached hydrogens (tertiary/aromatic N) is 1. The van der Waals surface area contributed by atoms with Crippen LogP contribution in [0.2, 0.25) is 0 Å². The third-order valence-corrected chi connectivity index (χ3v) is 4.21. The lowest BCUT2D eigenvalue weighted by molar-refractivity contribution is -0.148. The van der Waals surface area contributed by atoms with Crippen LogP contribution in [-0.4, -0.2) is 49.3 Å². The second-order valence-corrected chi connectivity index (χ2v) is 7.89. The monoisotopic (exact) mass is 362 g/mol. The first kappa shape index (κ1) is 20.2. The van der Waals surface area contributed by atoms with Crippen molar-refractivity contribution in [2.75, 3.05) is 26.7 Å². The average molecular weight is 362 g/mol. The molecule has 1 N–H and O–H groups in total. The SMILES string of the molecule is CN1CCC[C@H](COC(=O)C(NC(=O)OC(C)(C)C)c2ccccc2)C1. The quantitative estimate of drug-likeness (QED) is 0.815. The topological polar surface area (TPSA) is 67.9 Å². The minimum atomic E-state index is -0.882. The van der Waals surface area contributed by atoms with E-state index < -0.39 is 23.7 Å². The summed E-state index contributed by atoms with van der Waals surface area (Å²) >= 11 is 0. The predicted molar refractivity (Wildman–Crippen MR) is 99.7 cm³/mol. The van der Waals surface area contributed by atoms with Gasteiger partial charge in [-0.25, -0.2) is 9.59 Å². The first-order valence-electron chi connectivity index (χ1n) is 9.14. The maximum atomic E-state index is 12.7. The Bertz CT molecular complexity index is 598. The maximum absolute atomic E-state index is 12.7. The molecule has 0 aliphatic carbocycles. The Hall–Kier alpha value is -2.08. The standard InChI is InChI=1S/C20H30N2O4/c1-20(2,3)26-19(24)21-17(16-10-6-5-7-11-16)18(23)25-14-15-9-8-12-22(4)13-15/h5-7,10-11,15,17H,8-9,12-14H2,1-4H3,(H,21,24)/t15-,17?/m0/s1. The molecule has 1 fully saturated rings. The van der Waals surface area contributed by atoms with E-state index in [2.05, 4.69) is 17.3 Å². The average Bonchev–Trinajstić information content (AvgIpc) is 2.57. The number of hydrogen-bond acceptors (Lipinski definition) is 5. The summed E-state index contributed by atoms with van der Waals surface area (Å²) in [6.45, 7) is 7.70. The van der Waals surface area contributed by atoms with Crippen LogP contribution < -0.4 is 5.32 Å². The van der Waals surface area contributed by atoms with E-state index in [1.165, 1.54) is 0 Å². The number of piperidine rings is 1. The zero-order chi connectivity index (χ0) is 19.2. The molecule has 6 heteroatoms. The number of amides is 1. The van der Waals surface area contributed by atoms with Crippen molar-refractivity contribution in [3.05, 3.63) is 35.9 Å².